The highest BCUT2D eigenvalue weighted by Crippen LogP contribution is 2.19. The molecule has 8 heteroatoms. The molecule has 1 aromatic carbocycles. The highest BCUT2D eigenvalue weighted by molar-refractivity contribution is 5.91. The van der Waals surface area contributed by atoms with E-state index in [4.69, 9.17) is 9.15 Å². The molecule has 1 aromatic heterocycles. The number of esters is 1. The second-order valence-corrected chi connectivity index (χ2v) is 4.69. The molecule has 1 heterocycles. The van der Waals surface area contributed by atoms with Gasteiger partial charge in [0.15, 0.2) is 6.61 Å². The van der Waals surface area contributed by atoms with Gasteiger partial charge in [-0.05, 0) is 31.2 Å². The topological polar surface area (TPSA) is 112 Å². The van der Waals surface area contributed by atoms with Crippen LogP contribution in [0.5, 0.6) is 0 Å². The Morgan fingerprint density at radius 3 is 2.74 bits per heavy atom. The summed E-state index contributed by atoms with van der Waals surface area (Å²) < 4.78 is 9.91. The van der Waals surface area contributed by atoms with Crippen molar-refractivity contribution in [2.24, 2.45) is 0 Å². The first-order valence-electron chi connectivity index (χ1n) is 6.68. The second-order valence-electron chi connectivity index (χ2n) is 4.69. The summed E-state index contributed by atoms with van der Waals surface area (Å²) >= 11 is 0. The standard InChI is InChI=1S/C15H14N2O6/c1-10-7-11(4-5-13(10)17(20)21)15(19)23-9-14(18)16-8-12-3-2-6-22-12/h2-7H,8-9H2,1H3,(H,16,18). The molecular weight excluding hydrogens is 304 g/mol. The van der Waals surface area contributed by atoms with Crippen molar-refractivity contribution < 1.29 is 23.7 Å². The molecule has 0 radical (unpaired) electrons. The first-order chi connectivity index (χ1) is 11.0. The molecule has 0 atom stereocenters. The largest absolute Gasteiger partial charge is 0.467 e. The summed E-state index contributed by atoms with van der Waals surface area (Å²) in [5.41, 5.74) is 0.399. The van der Waals surface area contributed by atoms with E-state index >= 15 is 0 Å². The van der Waals surface area contributed by atoms with E-state index in [1.54, 1.807) is 12.1 Å². The van der Waals surface area contributed by atoms with Crippen molar-refractivity contribution in [1.29, 1.82) is 0 Å². The molecule has 0 spiro atoms. The molecule has 0 unspecified atom stereocenters. The first kappa shape index (κ1) is 16.2. The summed E-state index contributed by atoms with van der Waals surface area (Å²) in [7, 11) is 0. The van der Waals surface area contributed by atoms with E-state index in [1.807, 2.05) is 0 Å². The smallest absolute Gasteiger partial charge is 0.338 e. The Morgan fingerprint density at radius 1 is 1.35 bits per heavy atom. The van der Waals surface area contributed by atoms with Crippen molar-refractivity contribution in [2.75, 3.05) is 6.61 Å². The zero-order valence-corrected chi connectivity index (χ0v) is 12.3. The Kier molecular flexibility index (Phi) is 5.08. The molecular formula is C15H14N2O6. The van der Waals surface area contributed by atoms with Crippen LogP contribution in [0.3, 0.4) is 0 Å². The van der Waals surface area contributed by atoms with Gasteiger partial charge in [-0.2, -0.15) is 0 Å². The van der Waals surface area contributed by atoms with Crippen LogP contribution < -0.4 is 5.32 Å². The van der Waals surface area contributed by atoms with Gasteiger partial charge in [0.05, 0.1) is 23.3 Å². The van der Waals surface area contributed by atoms with Crippen LogP contribution in [0.1, 0.15) is 21.7 Å². The lowest BCUT2D eigenvalue weighted by molar-refractivity contribution is -0.385. The number of nitrogens with zero attached hydrogens (tertiary/aromatic N) is 1. The first-order valence-corrected chi connectivity index (χ1v) is 6.68. The number of hydrogen-bond donors (Lipinski definition) is 1. The fourth-order valence-corrected chi connectivity index (χ4v) is 1.85. The van der Waals surface area contributed by atoms with E-state index in [-0.39, 0.29) is 17.8 Å². The Morgan fingerprint density at radius 2 is 2.13 bits per heavy atom. The van der Waals surface area contributed by atoms with Gasteiger partial charge < -0.3 is 14.5 Å². The molecule has 0 fully saturated rings. The van der Waals surface area contributed by atoms with Crippen molar-refractivity contribution in [3.05, 3.63) is 63.6 Å². The monoisotopic (exact) mass is 318 g/mol. The Labute approximate surface area is 131 Å². The van der Waals surface area contributed by atoms with E-state index in [0.29, 0.717) is 11.3 Å². The zero-order valence-electron chi connectivity index (χ0n) is 12.3. The van der Waals surface area contributed by atoms with Gasteiger partial charge in [-0.15, -0.1) is 0 Å². The van der Waals surface area contributed by atoms with Crippen molar-refractivity contribution in [1.82, 2.24) is 5.32 Å². The molecule has 2 rings (SSSR count). The summed E-state index contributed by atoms with van der Waals surface area (Å²) in [4.78, 5) is 33.6. The number of carbonyl (C=O) groups is 2. The number of carbonyl (C=O) groups excluding carboxylic acids is 2. The van der Waals surface area contributed by atoms with Gasteiger partial charge in [0.25, 0.3) is 11.6 Å². The minimum Gasteiger partial charge on any atom is -0.467 e. The molecule has 0 saturated carbocycles. The van der Waals surface area contributed by atoms with Gasteiger partial charge >= 0.3 is 5.97 Å². The molecule has 0 bridgehead atoms. The Balaban J connectivity index is 1.85. The van der Waals surface area contributed by atoms with Crippen LogP contribution in [-0.4, -0.2) is 23.4 Å². The Hall–Kier alpha value is -3.16. The average molecular weight is 318 g/mol. The lowest BCUT2D eigenvalue weighted by Crippen LogP contribution is -2.28. The highest BCUT2D eigenvalue weighted by atomic mass is 16.6. The maximum atomic E-state index is 11.8. The van der Waals surface area contributed by atoms with Gasteiger partial charge in [-0.1, -0.05) is 0 Å². The van der Waals surface area contributed by atoms with E-state index in [2.05, 4.69) is 5.32 Å². The number of benzene rings is 1. The maximum absolute atomic E-state index is 11.8. The van der Waals surface area contributed by atoms with Crippen molar-refractivity contribution in [2.45, 2.75) is 13.5 Å². The number of ether oxygens (including phenoxy) is 1. The van der Waals surface area contributed by atoms with Crippen LogP contribution in [0.4, 0.5) is 5.69 Å². The molecule has 0 aliphatic carbocycles. The van der Waals surface area contributed by atoms with E-state index in [1.165, 1.54) is 31.4 Å². The van der Waals surface area contributed by atoms with Crippen LogP contribution >= 0.6 is 0 Å². The summed E-state index contributed by atoms with van der Waals surface area (Å²) in [5, 5.41) is 13.2. The lowest BCUT2D eigenvalue weighted by Gasteiger charge is -2.06. The number of hydrogen-bond acceptors (Lipinski definition) is 6. The minimum atomic E-state index is -0.726. The van der Waals surface area contributed by atoms with Crippen LogP contribution in [0.15, 0.2) is 41.0 Å². The van der Waals surface area contributed by atoms with Gasteiger partial charge in [-0.3, -0.25) is 14.9 Å². The quantitative estimate of drug-likeness (QED) is 0.495. The van der Waals surface area contributed by atoms with E-state index in [9.17, 15) is 19.7 Å². The predicted octanol–water partition coefficient (Wildman–Crippen LogP) is 1.97. The van der Waals surface area contributed by atoms with Gasteiger partial charge in [0, 0.05) is 11.6 Å². The molecule has 1 amide bonds. The van der Waals surface area contributed by atoms with E-state index in [0.717, 1.165) is 0 Å². The third-order valence-corrected chi connectivity index (χ3v) is 3.00. The number of amides is 1. The number of furan rings is 1. The van der Waals surface area contributed by atoms with Crippen molar-refractivity contribution >= 4 is 17.6 Å². The average Bonchev–Trinajstić information content (AvgIpc) is 3.03. The summed E-state index contributed by atoms with van der Waals surface area (Å²) in [6.07, 6.45) is 1.48. The van der Waals surface area contributed by atoms with Gasteiger partial charge in [0.2, 0.25) is 0 Å². The van der Waals surface area contributed by atoms with Crippen molar-refractivity contribution in [3.8, 4) is 0 Å². The summed E-state index contributed by atoms with van der Waals surface area (Å²) in [5.74, 6) is -0.625. The SMILES string of the molecule is Cc1cc(C(=O)OCC(=O)NCc2ccco2)ccc1[N+](=O)[O-]. The maximum Gasteiger partial charge on any atom is 0.338 e. The fourth-order valence-electron chi connectivity index (χ4n) is 1.85. The second kappa shape index (κ2) is 7.21. The summed E-state index contributed by atoms with van der Waals surface area (Å²) in [6.45, 7) is 1.26. The van der Waals surface area contributed by atoms with Crippen LogP contribution in [0.2, 0.25) is 0 Å². The summed E-state index contributed by atoms with van der Waals surface area (Å²) in [6, 6.07) is 7.25. The van der Waals surface area contributed by atoms with E-state index < -0.39 is 23.4 Å². The molecule has 8 nitrogen and oxygen atoms in total. The number of aryl methyl sites for hydroxylation is 1. The third kappa shape index (κ3) is 4.40. The molecule has 23 heavy (non-hydrogen) atoms. The molecule has 1 N–H and O–H groups in total. The number of nitro groups is 1. The number of rotatable bonds is 6. The van der Waals surface area contributed by atoms with Crippen LogP contribution in [-0.2, 0) is 16.1 Å². The normalized spacial score (nSPS) is 10.1. The minimum absolute atomic E-state index is 0.0854. The number of nitro benzene ring substituents is 1. The predicted molar refractivity (Wildman–Crippen MR) is 78.7 cm³/mol. The van der Waals surface area contributed by atoms with Crippen LogP contribution in [0, 0.1) is 17.0 Å². The fraction of sp³-hybridized carbons (Fsp3) is 0.200. The van der Waals surface area contributed by atoms with Crippen molar-refractivity contribution in [3.63, 3.8) is 0 Å². The zero-order chi connectivity index (χ0) is 16.8. The molecule has 2 aromatic rings. The molecule has 120 valence electrons. The number of nitrogens with one attached hydrogen (secondary N) is 1. The lowest BCUT2D eigenvalue weighted by atomic mass is 10.1. The van der Waals surface area contributed by atoms with Gasteiger partial charge in [-0.25, -0.2) is 4.79 Å². The highest BCUT2D eigenvalue weighted by Gasteiger charge is 2.15. The van der Waals surface area contributed by atoms with Gasteiger partial charge in [0.1, 0.15) is 5.76 Å². The van der Waals surface area contributed by atoms with Crippen LogP contribution in [0.25, 0.3) is 0 Å². The Bertz CT molecular complexity index is 724. The molecule has 0 aliphatic rings. The molecule has 0 saturated heterocycles. The molecule has 0 aliphatic heterocycles. The third-order valence-electron chi connectivity index (χ3n) is 3.00.